The van der Waals surface area contributed by atoms with Gasteiger partial charge in [0.1, 0.15) is 5.82 Å². The normalized spacial score (nSPS) is 15.4. The van der Waals surface area contributed by atoms with E-state index >= 15 is 0 Å². The molecule has 0 saturated carbocycles. The van der Waals surface area contributed by atoms with Crippen molar-refractivity contribution in [1.82, 2.24) is 9.88 Å². The number of benzene rings is 1. The van der Waals surface area contributed by atoms with Crippen molar-refractivity contribution in [3.05, 3.63) is 58.6 Å². The van der Waals surface area contributed by atoms with E-state index in [0.29, 0.717) is 22.3 Å². The van der Waals surface area contributed by atoms with Crippen molar-refractivity contribution in [3.63, 3.8) is 0 Å². The van der Waals surface area contributed by atoms with Crippen molar-refractivity contribution in [2.24, 2.45) is 5.92 Å². The number of pyridine rings is 1. The Bertz CT molecular complexity index is 763. The fourth-order valence-electron chi connectivity index (χ4n) is 2.83. The quantitative estimate of drug-likeness (QED) is 0.699. The van der Waals surface area contributed by atoms with Crippen LogP contribution in [0.5, 0.6) is 0 Å². The molecule has 1 aliphatic heterocycles. The number of carbonyl (C=O) groups excluding carboxylic acids is 1. The van der Waals surface area contributed by atoms with Crippen molar-refractivity contribution in [1.29, 1.82) is 0 Å². The molecule has 3 rings (SSSR count). The van der Waals surface area contributed by atoms with E-state index in [0.717, 1.165) is 36.4 Å². The number of nitrogens with zero attached hydrogens (tertiary/aromatic N) is 2. The third-order valence-electron chi connectivity index (χ3n) is 4.40. The molecule has 0 bridgehead atoms. The van der Waals surface area contributed by atoms with Gasteiger partial charge in [-0.1, -0.05) is 18.5 Å². The Kier molecular flexibility index (Phi) is 5.97. The molecule has 2 heterocycles. The minimum absolute atomic E-state index is 0.0473. The molecule has 0 spiro atoms. The van der Waals surface area contributed by atoms with Gasteiger partial charge in [-0.15, -0.1) is 11.8 Å². The van der Waals surface area contributed by atoms with Crippen LogP contribution in [0.25, 0.3) is 0 Å². The van der Waals surface area contributed by atoms with E-state index in [2.05, 4.69) is 11.9 Å². The summed E-state index contributed by atoms with van der Waals surface area (Å²) in [6, 6.07) is 6.25. The summed E-state index contributed by atoms with van der Waals surface area (Å²) in [6.07, 6.45) is 5.48. The largest absolute Gasteiger partial charge is 0.339 e. The number of aromatic nitrogens is 1. The highest BCUT2D eigenvalue weighted by Gasteiger charge is 2.21. The predicted molar refractivity (Wildman–Crippen MR) is 99.5 cm³/mol. The van der Waals surface area contributed by atoms with E-state index in [1.807, 2.05) is 11.0 Å². The molecule has 0 unspecified atom stereocenters. The maximum Gasteiger partial charge on any atom is 0.255 e. The number of rotatable bonds is 4. The third-order valence-corrected chi connectivity index (χ3v) is 5.97. The molecule has 3 nitrogen and oxygen atoms in total. The Balaban J connectivity index is 1.66. The van der Waals surface area contributed by atoms with Crippen molar-refractivity contribution in [2.75, 3.05) is 13.1 Å². The van der Waals surface area contributed by atoms with Gasteiger partial charge >= 0.3 is 0 Å². The van der Waals surface area contributed by atoms with Crippen LogP contribution in [0.4, 0.5) is 4.39 Å². The zero-order valence-corrected chi connectivity index (χ0v) is 15.6. The molecule has 1 aromatic heterocycles. The average Bonchev–Trinajstić information content (AvgIpc) is 2.61. The number of carbonyl (C=O) groups is 1. The van der Waals surface area contributed by atoms with Crippen molar-refractivity contribution in [2.45, 2.75) is 30.4 Å². The van der Waals surface area contributed by atoms with Gasteiger partial charge < -0.3 is 4.90 Å². The monoisotopic (exact) mass is 378 g/mol. The number of piperidine rings is 1. The molecular formula is C19H20ClFN2OS. The first-order chi connectivity index (χ1) is 12.0. The zero-order valence-electron chi connectivity index (χ0n) is 14.0. The molecule has 2 aromatic rings. The van der Waals surface area contributed by atoms with E-state index < -0.39 is 0 Å². The van der Waals surface area contributed by atoms with Gasteiger partial charge in [-0.3, -0.25) is 9.78 Å². The fraction of sp³-hybridized carbons (Fsp3) is 0.368. The highest BCUT2D eigenvalue weighted by Crippen LogP contribution is 2.30. The Labute approximate surface area is 156 Å². The lowest BCUT2D eigenvalue weighted by Crippen LogP contribution is -2.37. The van der Waals surface area contributed by atoms with Crippen molar-refractivity contribution in [3.8, 4) is 0 Å². The molecule has 0 atom stereocenters. The molecular weight excluding hydrogens is 359 g/mol. The molecule has 6 heteroatoms. The molecule has 0 radical (unpaired) electrons. The summed E-state index contributed by atoms with van der Waals surface area (Å²) in [5, 5.41) is 0.396. The van der Waals surface area contributed by atoms with Crippen LogP contribution in [0.3, 0.4) is 0 Å². The molecule has 1 aromatic carbocycles. The Morgan fingerprint density at radius 3 is 2.80 bits per heavy atom. The summed E-state index contributed by atoms with van der Waals surface area (Å²) in [5.41, 5.74) is 1.57. The summed E-state index contributed by atoms with van der Waals surface area (Å²) in [5.74, 6) is 1.01. The second kappa shape index (κ2) is 8.19. The second-order valence-electron chi connectivity index (χ2n) is 6.42. The summed E-state index contributed by atoms with van der Waals surface area (Å²) in [7, 11) is 0. The van der Waals surface area contributed by atoms with Gasteiger partial charge in [-0.2, -0.15) is 0 Å². The summed E-state index contributed by atoms with van der Waals surface area (Å²) < 4.78 is 13.1. The van der Waals surface area contributed by atoms with Crippen LogP contribution in [0.15, 0.2) is 41.6 Å². The van der Waals surface area contributed by atoms with Crippen LogP contribution in [0, 0.1) is 11.7 Å². The maximum atomic E-state index is 13.1. The first-order valence-electron chi connectivity index (χ1n) is 8.34. The molecule has 132 valence electrons. The minimum Gasteiger partial charge on any atom is -0.339 e. The Morgan fingerprint density at radius 2 is 2.08 bits per heavy atom. The van der Waals surface area contributed by atoms with Gasteiger partial charge in [0.15, 0.2) is 0 Å². The lowest BCUT2D eigenvalue weighted by molar-refractivity contribution is 0.0696. The van der Waals surface area contributed by atoms with Crippen molar-refractivity contribution < 1.29 is 9.18 Å². The first kappa shape index (κ1) is 18.2. The highest BCUT2D eigenvalue weighted by atomic mass is 35.5. The minimum atomic E-state index is -0.348. The van der Waals surface area contributed by atoms with Crippen LogP contribution >= 0.6 is 23.4 Å². The molecule has 1 amide bonds. The number of likely N-dealkylation sites (tertiary alicyclic amines) is 1. The third kappa shape index (κ3) is 4.73. The van der Waals surface area contributed by atoms with E-state index in [1.54, 1.807) is 18.5 Å². The fourth-order valence-corrected chi connectivity index (χ4v) is 4.00. The maximum absolute atomic E-state index is 13.1. The van der Waals surface area contributed by atoms with Gasteiger partial charge in [0.25, 0.3) is 5.91 Å². The molecule has 1 saturated heterocycles. The first-order valence-corrected chi connectivity index (χ1v) is 9.70. The van der Waals surface area contributed by atoms with E-state index in [4.69, 9.17) is 11.6 Å². The highest BCUT2D eigenvalue weighted by molar-refractivity contribution is 7.98. The number of hydrogen-bond acceptors (Lipinski definition) is 3. The predicted octanol–water partition coefficient (Wildman–Crippen LogP) is 5.04. The molecule has 0 aliphatic carbocycles. The average molecular weight is 379 g/mol. The van der Waals surface area contributed by atoms with Crippen LogP contribution in [0.2, 0.25) is 5.02 Å². The number of halogens is 2. The van der Waals surface area contributed by atoms with Gasteiger partial charge in [0.05, 0.1) is 10.6 Å². The number of amides is 1. The smallest absolute Gasteiger partial charge is 0.255 e. The van der Waals surface area contributed by atoms with Crippen LogP contribution in [-0.4, -0.2) is 28.9 Å². The Morgan fingerprint density at radius 1 is 1.32 bits per heavy atom. The van der Waals surface area contributed by atoms with Crippen LogP contribution in [0.1, 0.15) is 35.7 Å². The number of hydrogen-bond donors (Lipinski definition) is 0. The van der Waals surface area contributed by atoms with Gasteiger partial charge in [0, 0.05) is 36.1 Å². The Hall–Kier alpha value is -1.59. The van der Waals surface area contributed by atoms with E-state index in [9.17, 15) is 9.18 Å². The SMILES string of the molecule is CC1CCN(C(=O)c2cncc(CSc3ccc(F)cc3Cl)c2)CC1. The van der Waals surface area contributed by atoms with Crippen LogP contribution < -0.4 is 0 Å². The summed E-state index contributed by atoms with van der Waals surface area (Å²) in [4.78, 5) is 19.6. The van der Waals surface area contributed by atoms with Gasteiger partial charge in [0.2, 0.25) is 0 Å². The topological polar surface area (TPSA) is 33.2 Å². The van der Waals surface area contributed by atoms with Gasteiger partial charge in [-0.25, -0.2) is 4.39 Å². The number of thioether (sulfide) groups is 1. The molecule has 1 fully saturated rings. The molecule has 25 heavy (non-hydrogen) atoms. The standard InChI is InChI=1S/C19H20ClFN2OS/c1-13-4-6-23(7-5-13)19(24)15-8-14(10-22-11-15)12-25-18-3-2-16(21)9-17(18)20/h2-3,8-11,13H,4-7,12H2,1H3. The summed E-state index contributed by atoms with van der Waals surface area (Å²) >= 11 is 7.56. The molecule has 0 N–H and O–H groups in total. The van der Waals surface area contributed by atoms with Crippen molar-refractivity contribution >= 4 is 29.3 Å². The van der Waals surface area contributed by atoms with Gasteiger partial charge in [-0.05, 0) is 48.6 Å². The zero-order chi connectivity index (χ0) is 17.8. The molecule has 1 aliphatic rings. The lowest BCUT2D eigenvalue weighted by Gasteiger charge is -2.30. The lowest BCUT2D eigenvalue weighted by atomic mass is 9.99. The van der Waals surface area contributed by atoms with Crippen LogP contribution in [-0.2, 0) is 5.75 Å². The van der Waals surface area contributed by atoms with E-state index in [1.165, 1.54) is 23.9 Å². The summed E-state index contributed by atoms with van der Waals surface area (Å²) in [6.45, 7) is 3.84. The second-order valence-corrected chi connectivity index (χ2v) is 7.84. The van der Waals surface area contributed by atoms with E-state index in [-0.39, 0.29) is 11.7 Å².